The number of hydrogen-bond donors (Lipinski definition) is 1. The number of benzene rings is 3. The fourth-order valence-corrected chi connectivity index (χ4v) is 4.04. The van der Waals surface area contributed by atoms with Crippen LogP contribution >= 0.6 is 0 Å². The number of ether oxygens (including phenoxy) is 5. The number of carbonyl (C=O) groups excluding carboxylic acids is 2. The lowest BCUT2D eigenvalue weighted by atomic mass is 9.98. The molecule has 5 atom stereocenters. The summed E-state index contributed by atoms with van der Waals surface area (Å²) in [5, 5.41) is 10.9. The molecule has 0 radical (unpaired) electrons. The average molecular weight is 507 g/mol. The number of aliphatic hydroxyl groups is 1. The molecule has 0 unspecified atom stereocenters. The highest BCUT2D eigenvalue weighted by atomic mass is 16.7. The van der Waals surface area contributed by atoms with Gasteiger partial charge in [-0.1, -0.05) is 78.9 Å². The van der Waals surface area contributed by atoms with E-state index >= 15 is 0 Å². The maximum absolute atomic E-state index is 12.9. The number of carbonyl (C=O) groups is 2. The van der Waals surface area contributed by atoms with Crippen LogP contribution < -0.4 is 0 Å². The molecular formula is C29H30O8. The summed E-state index contributed by atoms with van der Waals surface area (Å²) < 4.78 is 29.2. The van der Waals surface area contributed by atoms with E-state index in [1.165, 1.54) is 6.92 Å². The maximum atomic E-state index is 12.9. The van der Waals surface area contributed by atoms with Crippen molar-refractivity contribution in [1.29, 1.82) is 0 Å². The zero-order valence-electron chi connectivity index (χ0n) is 20.5. The molecule has 1 aliphatic heterocycles. The third-order valence-corrected chi connectivity index (χ3v) is 5.88. The van der Waals surface area contributed by atoms with Crippen LogP contribution in [0.1, 0.15) is 28.4 Å². The largest absolute Gasteiger partial charge is 0.463 e. The summed E-state index contributed by atoms with van der Waals surface area (Å²) in [6.45, 7) is 1.48. The minimum Gasteiger partial charge on any atom is -0.463 e. The normalized spacial score (nSPS) is 23.2. The Morgan fingerprint density at radius 1 is 0.757 bits per heavy atom. The Hall–Kier alpha value is -3.56. The summed E-state index contributed by atoms with van der Waals surface area (Å²) in [5.74, 6) is -1.14. The highest BCUT2D eigenvalue weighted by molar-refractivity contribution is 5.89. The summed E-state index contributed by atoms with van der Waals surface area (Å²) in [7, 11) is 0. The first-order valence-electron chi connectivity index (χ1n) is 12.0. The molecule has 194 valence electrons. The number of hydrogen-bond acceptors (Lipinski definition) is 8. The van der Waals surface area contributed by atoms with Crippen LogP contribution in [0.4, 0.5) is 0 Å². The Morgan fingerprint density at radius 3 is 1.81 bits per heavy atom. The molecule has 3 aromatic carbocycles. The van der Waals surface area contributed by atoms with E-state index in [1.807, 2.05) is 60.7 Å². The first-order valence-corrected chi connectivity index (χ1v) is 12.0. The molecule has 0 aromatic heterocycles. The molecule has 1 aliphatic rings. The second kappa shape index (κ2) is 13.1. The van der Waals surface area contributed by atoms with Gasteiger partial charge in [0, 0.05) is 6.92 Å². The van der Waals surface area contributed by atoms with E-state index in [0.717, 1.165) is 11.1 Å². The van der Waals surface area contributed by atoms with Gasteiger partial charge in [0.15, 0.2) is 12.4 Å². The van der Waals surface area contributed by atoms with Crippen molar-refractivity contribution in [3.63, 3.8) is 0 Å². The van der Waals surface area contributed by atoms with Gasteiger partial charge in [-0.2, -0.15) is 0 Å². The van der Waals surface area contributed by atoms with Crippen molar-refractivity contribution < 1.29 is 38.4 Å². The van der Waals surface area contributed by atoms with Crippen LogP contribution in [-0.2, 0) is 41.7 Å². The van der Waals surface area contributed by atoms with Gasteiger partial charge in [0.25, 0.3) is 0 Å². The van der Waals surface area contributed by atoms with Crippen molar-refractivity contribution in [3.05, 3.63) is 108 Å². The van der Waals surface area contributed by atoms with Gasteiger partial charge >= 0.3 is 11.9 Å². The standard InChI is InChI=1S/C29H30O8/c1-20(30)33-19-24-25(34-17-21-11-5-2-6-12-21)26(35-18-22-13-7-3-8-14-22)27(29(32)36-24)37-28(31)23-15-9-4-10-16-23/h2-16,24-27,29,32H,17-19H2,1H3/t24-,25-,26+,27-,29-/m1/s1. The molecular weight excluding hydrogens is 476 g/mol. The van der Waals surface area contributed by atoms with Crippen molar-refractivity contribution in [3.8, 4) is 0 Å². The summed E-state index contributed by atoms with van der Waals surface area (Å²) >= 11 is 0. The SMILES string of the molecule is CC(=O)OC[C@H]1O[C@@H](O)[C@H](OC(=O)c2ccccc2)[C@@H](OCc2ccccc2)[C@@H]1OCc1ccccc1. The summed E-state index contributed by atoms with van der Waals surface area (Å²) in [5.41, 5.74) is 2.11. The van der Waals surface area contributed by atoms with Crippen LogP contribution in [0.2, 0.25) is 0 Å². The Morgan fingerprint density at radius 2 is 1.27 bits per heavy atom. The van der Waals surface area contributed by atoms with Crippen LogP contribution in [0.3, 0.4) is 0 Å². The van der Waals surface area contributed by atoms with Crippen molar-refractivity contribution >= 4 is 11.9 Å². The summed E-state index contributed by atoms with van der Waals surface area (Å²) in [6, 6.07) is 27.4. The highest BCUT2D eigenvalue weighted by Gasteiger charge is 2.49. The predicted octanol–water partition coefficient (Wildman–Crippen LogP) is 3.66. The second-order valence-corrected chi connectivity index (χ2v) is 8.63. The van der Waals surface area contributed by atoms with Crippen LogP contribution in [0.15, 0.2) is 91.0 Å². The summed E-state index contributed by atoms with van der Waals surface area (Å²) in [6.07, 6.45) is -5.37. The molecule has 0 aliphatic carbocycles. The van der Waals surface area contributed by atoms with Gasteiger partial charge in [0.1, 0.15) is 24.9 Å². The van der Waals surface area contributed by atoms with E-state index in [4.69, 9.17) is 23.7 Å². The van der Waals surface area contributed by atoms with Crippen molar-refractivity contribution in [2.24, 2.45) is 0 Å². The maximum Gasteiger partial charge on any atom is 0.338 e. The molecule has 0 spiro atoms. The van der Waals surface area contributed by atoms with E-state index < -0.39 is 42.6 Å². The van der Waals surface area contributed by atoms with Crippen LogP contribution in [-0.4, -0.2) is 54.4 Å². The molecule has 3 aromatic rings. The van der Waals surface area contributed by atoms with E-state index in [0.29, 0.717) is 5.56 Å². The lowest BCUT2D eigenvalue weighted by Gasteiger charge is -2.43. The monoisotopic (exact) mass is 506 g/mol. The summed E-state index contributed by atoms with van der Waals surface area (Å²) in [4.78, 5) is 24.4. The Balaban J connectivity index is 1.61. The lowest BCUT2D eigenvalue weighted by molar-refractivity contribution is -0.304. The molecule has 0 amide bonds. The van der Waals surface area contributed by atoms with Gasteiger partial charge in [-0.25, -0.2) is 4.79 Å². The molecule has 0 bridgehead atoms. The Labute approximate surface area is 215 Å². The van der Waals surface area contributed by atoms with Crippen LogP contribution in [0.5, 0.6) is 0 Å². The van der Waals surface area contributed by atoms with Crippen LogP contribution in [0.25, 0.3) is 0 Å². The Bertz CT molecular complexity index is 1120. The molecule has 8 nitrogen and oxygen atoms in total. The molecule has 1 heterocycles. The molecule has 1 N–H and O–H groups in total. The topological polar surface area (TPSA) is 101 Å². The lowest BCUT2D eigenvalue weighted by Crippen LogP contribution is -2.61. The minimum absolute atomic E-state index is 0.170. The fraction of sp³-hybridized carbons (Fsp3) is 0.310. The number of aliphatic hydroxyl groups excluding tert-OH is 1. The van der Waals surface area contributed by atoms with Gasteiger partial charge in [-0.15, -0.1) is 0 Å². The van der Waals surface area contributed by atoms with Gasteiger partial charge < -0.3 is 28.8 Å². The zero-order valence-corrected chi connectivity index (χ0v) is 20.5. The zero-order chi connectivity index (χ0) is 26.0. The second-order valence-electron chi connectivity index (χ2n) is 8.63. The first kappa shape index (κ1) is 26.5. The van der Waals surface area contributed by atoms with Gasteiger partial charge in [-0.3, -0.25) is 4.79 Å². The van der Waals surface area contributed by atoms with Crippen molar-refractivity contribution in [2.45, 2.75) is 50.8 Å². The predicted molar refractivity (Wildman–Crippen MR) is 133 cm³/mol. The first-order chi connectivity index (χ1) is 18.0. The van der Waals surface area contributed by atoms with Gasteiger partial charge in [-0.05, 0) is 23.3 Å². The smallest absolute Gasteiger partial charge is 0.338 e. The fourth-order valence-electron chi connectivity index (χ4n) is 4.04. The van der Waals surface area contributed by atoms with E-state index in [2.05, 4.69) is 0 Å². The Kier molecular flexibility index (Phi) is 9.40. The minimum atomic E-state index is -1.54. The van der Waals surface area contributed by atoms with Gasteiger partial charge in [0.2, 0.25) is 0 Å². The van der Waals surface area contributed by atoms with Crippen molar-refractivity contribution in [1.82, 2.24) is 0 Å². The van der Waals surface area contributed by atoms with Crippen LogP contribution in [0, 0.1) is 0 Å². The molecule has 37 heavy (non-hydrogen) atoms. The number of esters is 2. The van der Waals surface area contributed by atoms with Crippen molar-refractivity contribution in [2.75, 3.05) is 6.61 Å². The molecule has 0 saturated carbocycles. The molecule has 8 heteroatoms. The number of rotatable bonds is 10. The quantitative estimate of drug-likeness (QED) is 0.416. The third kappa shape index (κ3) is 7.47. The van der Waals surface area contributed by atoms with Gasteiger partial charge in [0.05, 0.1) is 18.8 Å². The highest BCUT2D eigenvalue weighted by Crippen LogP contribution is 2.30. The van der Waals surface area contributed by atoms with E-state index in [9.17, 15) is 14.7 Å². The molecule has 1 fully saturated rings. The third-order valence-electron chi connectivity index (χ3n) is 5.88. The molecule has 1 saturated heterocycles. The van der Waals surface area contributed by atoms with E-state index in [1.54, 1.807) is 30.3 Å². The average Bonchev–Trinajstić information content (AvgIpc) is 2.93. The van der Waals surface area contributed by atoms with E-state index in [-0.39, 0.29) is 19.8 Å². The molecule has 4 rings (SSSR count).